The summed E-state index contributed by atoms with van der Waals surface area (Å²) in [5, 5.41) is 3.57. The zero-order chi connectivity index (χ0) is 19.3. The van der Waals surface area contributed by atoms with Crippen molar-refractivity contribution in [2.24, 2.45) is 0 Å². The molecule has 4 rings (SSSR count). The average molecular weight is 392 g/mol. The Kier molecular flexibility index (Phi) is 5.83. The van der Waals surface area contributed by atoms with Gasteiger partial charge >= 0.3 is 0 Å². The Labute approximate surface area is 168 Å². The lowest BCUT2D eigenvalue weighted by molar-refractivity contribution is 0.319. The first-order valence-corrected chi connectivity index (χ1v) is 11.0. The van der Waals surface area contributed by atoms with Crippen LogP contribution in [0.2, 0.25) is 0 Å². The van der Waals surface area contributed by atoms with Crippen LogP contribution in [0.4, 0.5) is 0 Å². The summed E-state index contributed by atoms with van der Waals surface area (Å²) in [5.74, 6) is 2.83. The lowest BCUT2D eigenvalue weighted by Gasteiger charge is -2.25. The molecule has 1 aliphatic rings. The normalized spacial score (nSPS) is 13.4. The SMILES string of the molecule is COc1ccccc1P(c1ccccc1OC)c1cccc2c1OCCCC2. The van der Waals surface area contributed by atoms with Gasteiger partial charge < -0.3 is 14.2 Å². The number of aryl methyl sites for hydroxylation is 1. The van der Waals surface area contributed by atoms with Crippen LogP contribution in [0.1, 0.15) is 18.4 Å². The van der Waals surface area contributed by atoms with Gasteiger partial charge in [-0.25, -0.2) is 0 Å². The second-order valence-corrected chi connectivity index (χ2v) is 8.87. The smallest absolute Gasteiger partial charge is 0.130 e. The molecule has 0 amide bonds. The van der Waals surface area contributed by atoms with Crippen LogP contribution < -0.4 is 30.1 Å². The number of ether oxygens (including phenoxy) is 3. The summed E-state index contributed by atoms with van der Waals surface area (Å²) >= 11 is 0. The first-order chi connectivity index (χ1) is 13.8. The molecule has 4 heteroatoms. The van der Waals surface area contributed by atoms with E-state index < -0.39 is 7.92 Å². The Balaban J connectivity index is 1.97. The third-order valence-corrected chi connectivity index (χ3v) is 7.59. The monoisotopic (exact) mass is 392 g/mol. The molecule has 3 nitrogen and oxygen atoms in total. The predicted molar refractivity (Wildman–Crippen MR) is 117 cm³/mol. The minimum absolute atomic E-state index is 0.769. The topological polar surface area (TPSA) is 27.7 Å². The molecule has 0 N–H and O–H groups in total. The fourth-order valence-electron chi connectivity index (χ4n) is 3.72. The Morgan fingerprint density at radius 3 is 1.96 bits per heavy atom. The quantitative estimate of drug-likeness (QED) is 0.610. The zero-order valence-corrected chi connectivity index (χ0v) is 17.2. The molecule has 1 heterocycles. The van der Waals surface area contributed by atoms with Crippen LogP contribution in [0.3, 0.4) is 0 Å². The minimum atomic E-state index is -0.901. The second kappa shape index (κ2) is 8.67. The molecule has 0 bridgehead atoms. The molecule has 144 valence electrons. The largest absolute Gasteiger partial charge is 0.496 e. The van der Waals surface area contributed by atoms with E-state index in [0.29, 0.717) is 0 Å². The van der Waals surface area contributed by atoms with Crippen LogP contribution >= 0.6 is 7.92 Å². The van der Waals surface area contributed by atoms with E-state index in [2.05, 4.69) is 42.5 Å². The lowest BCUT2D eigenvalue weighted by Crippen LogP contribution is -2.25. The fourth-order valence-corrected chi connectivity index (χ4v) is 6.39. The first kappa shape index (κ1) is 18.8. The zero-order valence-electron chi connectivity index (χ0n) is 16.4. The molecule has 28 heavy (non-hydrogen) atoms. The van der Waals surface area contributed by atoms with Gasteiger partial charge in [-0.2, -0.15) is 0 Å². The number of benzene rings is 3. The Morgan fingerprint density at radius 1 is 0.714 bits per heavy atom. The molecule has 0 saturated heterocycles. The van der Waals surface area contributed by atoms with Crippen molar-refractivity contribution in [2.75, 3.05) is 20.8 Å². The van der Waals surface area contributed by atoms with Gasteiger partial charge in [-0.3, -0.25) is 0 Å². The number of para-hydroxylation sites is 3. The minimum Gasteiger partial charge on any atom is -0.496 e. The van der Waals surface area contributed by atoms with E-state index in [1.165, 1.54) is 21.5 Å². The van der Waals surface area contributed by atoms with Gasteiger partial charge in [0, 0.05) is 15.9 Å². The molecule has 0 aromatic heterocycles. The standard InChI is InChI=1S/C24H25O3P/c1-25-19-12-3-5-14-21(19)28(22-15-6-4-13-20(22)26-2)23-16-9-11-18-10-7-8-17-27-24(18)23/h3-6,9,11-16H,7-8,10,17H2,1-2H3. The van der Waals surface area contributed by atoms with Crippen LogP contribution in [0, 0.1) is 0 Å². The van der Waals surface area contributed by atoms with Gasteiger partial charge in [0.25, 0.3) is 0 Å². The van der Waals surface area contributed by atoms with Gasteiger partial charge in [-0.1, -0.05) is 54.6 Å². The molecule has 0 spiro atoms. The number of hydrogen-bond acceptors (Lipinski definition) is 3. The second-order valence-electron chi connectivity index (χ2n) is 6.75. The Hall–Kier alpha value is -2.51. The van der Waals surface area contributed by atoms with Gasteiger partial charge in [0.05, 0.1) is 20.8 Å². The van der Waals surface area contributed by atoms with E-state index >= 15 is 0 Å². The number of methoxy groups -OCH3 is 2. The Bertz CT molecular complexity index is 907. The van der Waals surface area contributed by atoms with Crippen LogP contribution in [0.15, 0.2) is 66.7 Å². The highest BCUT2D eigenvalue weighted by atomic mass is 31.1. The molecule has 1 aliphatic heterocycles. The molecular formula is C24H25O3P. The Morgan fingerprint density at radius 2 is 1.32 bits per heavy atom. The molecule has 0 unspecified atom stereocenters. The first-order valence-electron chi connectivity index (χ1n) is 9.64. The van der Waals surface area contributed by atoms with Crippen LogP contribution in [0.5, 0.6) is 17.2 Å². The van der Waals surface area contributed by atoms with Crippen molar-refractivity contribution in [3.8, 4) is 17.2 Å². The van der Waals surface area contributed by atoms with Gasteiger partial charge in [0.2, 0.25) is 0 Å². The van der Waals surface area contributed by atoms with E-state index in [4.69, 9.17) is 14.2 Å². The van der Waals surface area contributed by atoms with E-state index in [0.717, 1.165) is 43.1 Å². The highest BCUT2D eigenvalue weighted by Crippen LogP contribution is 2.43. The molecular weight excluding hydrogens is 367 g/mol. The van der Waals surface area contributed by atoms with Crippen molar-refractivity contribution in [2.45, 2.75) is 19.3 Å². The maximum Gasteiger partial charge on any atom is 0.130 e. The van der Waals surface area contributed by atoms with Crippen molar-refractivity contribution < 1.29 is 14.2 Å². The van der Waals surface area contributed by atoms with Crippen LogP contribution in [-0.2, 0) is 6.42 Å². The molecule has 0 radical (unpaired) electrons. The molecule has 0 aliphatic carbocycles. The summed E-state index contributed by atoms with van der Waals surface area (Å²) in [6.07, 6.45) is 3.32. The molecule has 0 atom stereocenters. The third-order valence-electron chi connectivity index (χ3n) is 5.06. The highest BCUT2D eigenvalue weighted by Gasteiger charge is 2.27. The number of hydrogen-bond donors (Lipinski definition) is 0. The summed E-state index contributed by atoms with van der Waals surface area (Å²) < 4.78 is 17.8. The molecule has 3 aromatic rings. The third kappa shape index (κ3) is 3.59. The fraction of sp³-hybridized carbons (Fsp3) is 0.250. The van der Waals surface area contributed by atoms with Gasteiger partial charge in [0.1, 0.15) is 17.2 Å². The summed E-state index contributed by atoms with van der Waals surface area (Å²) in [6, 6.07) is 23.1. The van der Waals surface area contributed by atoms with Crippen LogP contribution in [-0.4, -0.2) is 20.8 Å². The van der Waals surface area contributed by atoms with Crippen molar-refractivity contribution >= 4 is 23.8 Å². The number of rotatable bonds is 5. The highest BCUT2D eigenvalue weighted by molar-refractivity contribution is 7.80. The van der Waals surface area contributed by atoms with Crippen molar-refractivity contribution in [3.63, 3.8) is 0 Å². The molecule has 0 fully saturated rings. The lowest BCUT2D eigenvalue weighted by atomic mass is 10.1. The summed E-state index contributed by atoms with van der Waals surface area (Å²) in [4.78, 5) is 0. The molecule has 0 saturated carbocycles. The van der Waals surface area contributed by atoms with Crippen molar-refractivity contribution in [1.82, 2.24) is 0 Å². The van der Waals surface area contributed by atoms with E-state index in [9.17, 15) is 0 Å². The van der Waals surface area contributed by atoms with Crippen molar-refractivity contribution in [1.29, 1.82) is 0 Å². The number of fused-ring (bicyclic) bond motifs is 1. The van der Waals surface area contributed by atoms with E-state index in [-0.39, 0.29) is 0 Å². The van der Waals surface area contributed by atoms with Gasteiger partial charge in [0.15, 0.2) is 0 Å². The van der Waals surface area contributed by atoms with Gasteiger partial charge in [-0.05, 0) is 44.9 Å². The van der Waals surface area contributed by atoms with E-state index in [1.54, 1.807) is 14.2 Å². The average Bonchev–Trinajstić information content (AvgIpc) is 3.01. The summed E-state index contributed by atoms with van der Waals surface area (Å²) in [6.45, 7) is 0.769. The maximum atomic E-state index is 6.29. The summed E-state index contributed by atoms with van der Waals surface area (Å²) in [5.41, 5.74) is 1.30. The summed E-state index contributed by atoms with van der Waals surface area (Å²) in [7, 11) is 2.56. The van der Waals surface area contributed by atoms with E-state index in [1.807, 2.05) is 24.3 Å². The molecule has 3 aromatic carbocycles. The van der Waals surface area contributed by atoms with Crippen LogP contribution in [0.25, 0.3) is 0 Å². The predicted octanol–water partition coefficient (Wildman–Crippen LogP) is 4.18. The maximum absolute atomic E-state index is 6.29. The van der Waals surface area contributed by atoms with Gasteiger partial charge in [-0.15, -0.1) is 0 Å². The van der Waals surface area contributed by atoms with Crippen molar-refractivity contribution in [3.05, 3.63) is 72.3 Å².